The van der Waals surface area contributed by atoms with Gasteiger partial charge in [-0.3, -0.25) is 23.9 Å². The summed E-state index contributed by atoms with van der Waals surface area (Å²) in [6, 6.07) is 14.8. The summed E-state index contributed by atoms with van der Waals surface area (Å²) in [6.45, 7) is 6.76. The fourth-order valence-corrected chi connectivity index (χ4v) is 3.61. The molecule has 0 fully saturated rings. The molecule has 2 aromatic carbocycles. The van der Waals surface area contributed by atoms with Crippen molar-refractivity contribution in [2.45, 2.75) is 33.7 Å². The highest BCUT2D eigenvalue weighted by Crippen LogP contribution is 2.17. The first-order chi connectivity index (χ1) is 16.1. The molecule has 0 aliphatic carbocycles. The van der Waals surface area contributed by atoms with Crippen LogP contribution >= 0.6 is 0 Å². The molecule has 1 heterocycles. The van der Waals surface area contributed by atoms with Gasteiger partial charge in [0.2, 0.25) is 11.8 Å². The number of anilines is 2. The van der Waals surface area contributed by atoms with Gasteiger partial charge in [-0.15, -0.1) is 0 Å². The third-order valence-electron chi connectivity index (χ3n) is 5.49. The second-order valence-corrected chi connectivity index (χ2v) is 8.38. The number of para-hydroxylation sites is 1. The number of benzene rings is 2. The van der Waals surface area contributed by atoms with E-state index >= 15 is 0 Å². The Bertz CT molecular complexity index is 1270. The van der Waals surface area contributed by atoms with Crippen LogP contribution in [-0.2, 0) is 16.6 Å². The van der Waals surface area contributed by atoms with Crippen LogP contribution < -0.4 is 21.5 Å². The molecule has 0 aliphatic heterocycles. The summed E-state index contributed by atoms with van der Waals surface area (Å²) in [7, 11) is 1.75. The fraction of sp³-hybridized carbons (Fsp3) is 0.280. The molecule has 178 valence electrons. The SMILES string of the molecule is CC(=O)NC(C(=O)Nc1cccc(C(=O)Nc2c(C)n(C)n(-c3ccccc3)c2=O)c1)C(C)C. The minimum atomic E-state index is -0.710. The molecule has 3 N–H and O–H groups in total. The lowest BCUT2D eigenvalue weighted by Gasteiger charge is -2.21. The van der Waals surface area contributed by atoms with E-state index in [0.717, 1.165) is 0 Å². The van der Waals surface area contributed by atoms with E-state index in [1.807, 2.05) is 44.2 Å². The summed E-state index contributed by atoms with van der Waals surface area (Å²) in [5, 5.41) is 8.09. The lowest BCUT2D eigenvalue weighted by atomic mass is 10.0. The summed E-state index contributed by atoms with van der Waals surface area (Å²) >= 11 is 0. The van der Waals surface area contributed by atoms with Gasteiger partial charge in [0, 0.05) is 25.2 Å². The lowest BCUT2D eigenvalue weighted by Crippen LogP contribution is -2.46. The summed E-state index contributed by atoms with van der Waals surface area (Å²) in [5.41, 5.74) is 1.78. The van der Waals surface area contributed by atoms with Gasteiger partial charge in [0.1, 0.15) is 11.7 Å². The number of rotatable bonds is 7. The van der Waals surface area contributed by atoms with Gasteiger partial charge in [-0.2, -0.15) is 0 Å². The van der Waals surface area contributed by atoms with Crippen LogP contribution in [0.15, 0.2) is 59.4 Å². The molecule has 0 saturated carbocycles. The average molecular weight is 464 g/mol. The number of amides is 3. The molecule has 1 unspecified atom stereocenters. The second-order valence-electron chi connectivity index (χ2n) is 8.38. The molecule has 1 atom stereocenters. The molecule has 3 amide bonds. The monoisotopic (exact) mass is 463 g/mol. The molecular weight excluding hydrogens is 434 g/mol. The average Bonchev–Trinajstić information content (AvgIpc) is 3.00. The smallest absolute Gasteiger partial charge is 0.295 e. The van der Waals surface area contributed by atoms with Gasteiger partial charge in [0.25, 0.3) is 11.5 Å². The van der Waals surface area contributed by atoms with Crippen LogP contribution in [0.25, 0.3) is 5.69 Å². The maximum Gasteiger partial charge on any atom is 0.295 e. The maximum absolute atomic E-state index is 13.1. The minimum absolute atomic E-state index is 0.122. The summed E-state index contributed by atoms with van der Waals surface area (Å²) in [6.07, 6.45) is 0. The van der Waals surface area contributed by atoms with E-state index in [2.05, 4.69) is 16.0 Å². The zero-order valence-electron chi connectivity index (χ0n) is 19.9. The zero-order chi connectivity index (χ0) is 25.0. The highest BCUT2D eigenvalue weighted by molar-refractivity contribution is 6.06. The number of carbonyl (C=O) groups excluding carboxylic acids is 3. The zero-order valence-corrected chi connectivity index (χ0v) is 19.9. The van der Waals surface area contributed by atoms with E-state index in [-0.39, 0.29) is 34.5 Å². The largest absolute Gasteiger partial charge is 0.344 e. The highest BCUT2D eigenvalue weighted by Gasteiger charge is 2.23. The Morgan fingerprint density at radius 3 is 2.24 bits per heavy atom. The Hall–Kier alpha value is -4.14. The molecule has 0 bridgehead atoms. The number of hydrogen-bond acceptors (Lipinski definition) is 4. The summed E-state index contributed by atoms with van der Waals surface area (Å²) < 4.78 is 3.16. The number of carbonyl (C=O) groups is 3. The normalized spacial score (nSPS) is 11.7. The third kappa shape index (κ3) is 5.25. The van der Waals surface area contributed by atoms with Crippen molar-refractivity contribution in [2.75, 3.05) is 10.6 Å². The van der Waals surface area contributed by atoms with Crippen molar-refractivity contribution in [3.8, 4) is 5.69 Å². The Balaban J connectivity index is 1.82. The van der Waals surface area contributed by atoms with Crippen molar-refractivity contribution in [3.05, 3.63) is 76.2 Å². The molecule has 0 aliphatic rings. The van der Waals surface area contributed by atoms with E-state index in [0.29, 0.717) is 17.1 Å². The number of hydrogen-bond donors (Lipinski definition) is 3. The van der Waals surface area contributed by atoms with Gasteiger partial charge in [0.15, 0.2) is 0 Å². The first-order valence-corrected chi connectivity index (χ1v) is 10.9. The second kappa shape index (κ2) is 10.2. The van der Waals surface area contributed by atoms with Crippen LogP contribution in [0.2, 0.25) is 0 Å². The van der Waals surface area contributed by atoms with Crippen LogP contribution in [-0.4, -0.2) is 33.1 Å². The van der Waals surface area contributed by atoms with Crippen LogP contribution in [0.4, 0.5) is 11.4 Å². The van der Waals surface area contributed by atoms with Crippen LogP contribution in [0, 0.1) is 12.8 Å². The van der Waals surface area contributed by atoms with Gasteiger partial charge < -0.3 is 16.0 Å². The molecule has 3 rings (SSSR count). The Labute approximate surface area is 197 Å². The van der Waals surface area contributed by atoms with E-state index in [1.165, 1.54) is 17.7 Å². The molecule has 0 radical (unpaired) electrons. The first kappa shape index (κ1) is 24.5. The van der Waals surface area contributed by atoms with E-state index < -0.39 is 11.9 Å². The molecular formula is C25H29N5O4. The molecule has 34 heavy (non-hydrogen) atoms. The fourth-order valence-electron chi connectivity index (χ4n) is 3.61. The van der Waals surface area contributed by atoms with Crippen LogP contribution in [0.3, 0.4) is 0 Å². The van der Waals surface area contributed by atoms with Crippen molar-refractivity contribution < 1.29 is 14.4 Å². The lowest BCUT2D eigenvalue weighted by molar-refractivity contribution is -0.126. The predicted molar refractivity (Wildman–Crippen MR) is 131 cm³/mol. The van der Waals surface area contributed by atoms with Gasteiger partial charge in [-0.25, -0.2) is 4.68 Å². The van der Waals surface area contributed by atoms with Gasteiger partial charge >= 0.3 is 0 Å². The minimum Gasteiger partial charge on any atom is -0.344 e. The Morgan fingerprint density at radius 1 is 0.941 bits per heavy atom. The predicted octanol–water partition coefficient (Wildman–Crippen LogP) is 2.84. The number of aromatic nitrogens is 2. The number of nitrogens with one attached hydrogen (secondary N) is 3. The van der Waals surface area contributed by atoms with Crippen LogP contribution in [0.5, 0.6) is 0 Å². The highest BCUT2D eigenvalue weighted by atomic mass is 16.2. The van der Waals surface area contributed by atoms with Gasteiger partial charge in [-0.05, 0) is 43.2 Å². The summed E-state index contributed by atoms with van der Waals surface area (Å²) in [5.74, 6) is -1.29. The van der Waals surface area contributed by atoms with Gasteiger partial charge in [-0.1, -0.05) is 38.1 Å². The van der Waals surface area contributed by atoms with Crippen molar-refractivity contribution in [1.29, 1.82) is 0 Å². The van der Waals surface area contributed by atoms with Crippen molar-refractivity contribution in [2.24, 2.45) is 13.0 Å². The molecule has 0 saturated heterocycles. The van der Waals surface area contributed by atoms with Crippen LogP contribution in [0.1, 0.15) is 36.8 Å². The Morgan fingerprint density at radius 2 is 1.62 bits per heavy atom. The van der Waals surface area contributed by atoms with E-state index in [9.17, 15) is 19.2 Å². The van der Waals surface area contributed by atoms with E-state index in [1.54, 1.807) is 36.9 Å². The molecule has 3 aromatic rings. The summed E-state index contributed by atoms with van der Waals surface area (Å²) in [4.78, 5) is 50.1. The molecule has 1 aromatic heterocycles. The van der Waals surface area contributed by atoms with Gasteiger partial charge in [0.05, 0.1) is 11.4 Å². The maximum atomic E-state index is 13.1. The number of nitrogens with zero attached hydrogens (tertiary/aromatic N) is 2. The first-order valence-electron chi connectivity index (χ1n) is 10.9. The van der Waals surface area contributed by atoms with E-state index in [4.69, 9.17) is 0 Å². The van der Waals surface area contributed by atoms with Crippen molar-refractivity contribution in [3.63, 3.8) is 0 Å². The molecule has 9 nitrogen and oxygen atoms in total. The Kier molecular flexibility index (Phi) is 7.35. The van der Waals surface area contributed by atoms with Crippen molar-refractivity contribution >= 4 is 29.1 Å². The third-order valence-corrected chi connectivity index (χ3v) is 5.49. The standard InChI is InChI=1S/C25H29N5O4/c1-15(2)21(26-17(4)31)24(33)27-19-11-9-10-18(14-19)23(32)28-22-16(3)29(5)30(25(22)34)20-12-7-6-8-13-20/h6-15,21H,1-5H3,(H,26,31)(H,27,33)(H,28,32). The van der Waals surface area contributed by atoms with Crippen molar-refractivity contribution in [1.82, 2.24) is 14.7 Å². The quantitative estimate of drug-likeness (QED) is 0.500. The topological polar surface area (TPSA) is 114 Å². The molecule has 9 heteroatoms. The molecule has 0 spiro atoms.